The van der Waals surface area contributed by atoms with Crippen LogP contribution in [0.1, 0.15) is 32.3 Å². The predicted octanol–water partition coefficient (Wildman–Crippen LogP) is 2.61. The molecule has 2 aromatic rings. The SMILES string of the molecule is CC(C)Oc1nccnc1NC1CCN(c2ccc(C#N)cn2)CC1. The zero-order chi connectivity index (χ0) is 17.6. The maximum Gasteiger partial charge on any atom is 0.257 e. The molecule has 130 valence electrons. The fourth-order valence-electron chi connectivity index (χ4n) is 2.82. The molecule has 0 unspecified atom stereocenters. The van der Waals surface area contributed by atoms with E-state index in [1.807, 2.05) is 26.0 Å². The number of hydrogen-bond donors (Lipinski definition) is 1. The van der Waals surface area contributed by atoms with Crippen molar-refractivity contribution >= 4 is 11.6 Å². The molecule has 25 heavy (non-hydrogen) atoms. The third kappa shape index (κ3) is 4.35. The van der Waals surface area contributed by atoms with Gasteiger partial charge in [-0.15, -0.1) is 0 Å². The standard InChI is InChI=1S/C18H22N6O/c1-13(2)25-18-17(20-7-8-21-18)23-15-5-9-24(10-6-15)16-4-3-14(11-19)12-22-16/h3-4,7-8,12-13,15H,5-6,9-10H2,1-2H3,(H,20,23). The van der Waals surface area contributed by atoms with E-state index in [1.165, 1.54) is 0 Å². The number of piperidine rings is 1. The Hall–Kier alpha value is -2.88. The number of nitrogens with one attached hydrogen (secondary N) is 1. The van der Waals surface area contributed by atoms with E-state index in [0.29, 0.717) is 23.3 Å². The molecule has 2 aromatic heterocycles. The van der Waals surface area contributed by atoms with Gasteiger partial charge in [-0.25, -0.2) is 15.0 Å². The minimum absolute atomic E-state index is 0.0570. The van der Waals surface area contributed by atoms with Crippen molar-refractivity contribution in [3.05, 3.63) is 36.3 Å². The highest BCUT2D eigenvalue weighted by atomic mass is 16.5. The molecule has 3 rings (SSSR count). The number of rotatable bonds is 5. The predicted molar refractivity (Wildman–Crippen MR) is 95.6 cm³/mol. The van der Waals surface area contributed by atoms with E-state index in [2.05, 4.69) is 31.2 Å². The second-order valence-electron chi connectivity index (χ2n) is 6.30. The largest absolute Gasteiger partial charge is 0.472 e. The molecule has 1 saturated heterocycles. The monoisotopic (exact) mass is 338 g/mol. The first-order chi connectivity index (χ1) is 12.2. The molecule has 3 heterocycles. The number of anilines is 2. The van der Waals surface area contributed by atoms with Crippen LogP contribution in [-0.2, 0) is 0 Å². The van der Waals surface area contributed by atoms with Crippen LogP contribution < -0.4 is 15.0 Å². The Balaban J connectivity index is 1.58. The van der Waals surface area contributed by atoms with Crippen LogP contribution in [0.4, 0.5) is 11.6 Å². The normalized spacial score (nSPS) is 15.0. The molecule has 0 saturated carbocycles. The Morgan fingerprint density at radius 2 is 1.96 bits per heavy atom. The maximum absolute atomic E-state index is 8.86. The van der Waals surface area contributed by atoms with Gasteiger partial charge in [-0.2, -0.15) is 5.26 Å². The fourth-order valence-corrected chi connectivity index (χ4v) is 2.82. The highest BCUT2D eigenvalue weighted by Crippen LogP contribution is 2.24. The van der Waals surface area contributed by atoms with E-state index in [4.69, 9.17) is 10.00 Å². The first-order valence-electron chi connectivity index (χ1n) is 8.51. The lowest BCUT2D eigenvalue weighted by molar-refractivity contribution is 0.233. The first kappa shape index (κ1) is 17.0. The molecule has 0 atom stereocenters. The second-order valence-corrected chi connectivity index (χ2v) is 6.30. The zero-order valence-electron chi connectivity index (χ0n) is 14.5. The van der Waals surface area contributed by atoms with Crippen LogP contribution in [0.15, 0.2) is 30.7 Å². The molecule has 1 aliphatic heterocycles. The minimum Gasteiger partial charge on any atom is -0.472 e. The van der Waals surface area contributed by atoms with E-state index >= 15 is 0 Å². The van der Waals surface area contributed by atoms with Crippen LogP contribution in [0, 0.1) is 11.3 Å². The van der Waals surface area contributed by atoms with Gasteiger partial charge in [-0.05, 0) is 38.8 Å². The summed E-state index contributed by atoms with van der Waals surface area (Å²) >= 11 is 0. The van der Waals surface area contributed by atoms with Gasteiger partial charge in [0.25, 0.3) is 5.88 Å². The number of pyridine rings is 1. The molecule has 0 bridgehead atoms. The first-order valence-corrected chi connectivity index (χ1v) is 8.51. The molecule has 1 aliphatic rings. The average molecular weight is 338 g/mol. The summed E-state index contributed by atoms with van der Waals surface area (Å²) in [6.07, 6.45) is 6.93. The number of nitriles is 1. The van der Waals surface area contributed by atoms with Crippen LogP contribution in [0.2, 0.25) is 0 Å². The van der Waals surface area contributed by atoms with Crippen molar-refractivity contribution in [1.29, 1.82) is 5.26 Å². The van der Waals surface area contributed by atoms with Crippen molar-refractivity contribution in [2.45, 2.75) is 38.8 Å². The van der Waals surface area contributed by atoms with Crippen LogP contribution in [0.5, 0.6) is 5.88 Å². The van der Waals surface area contributed by atoms with Crippen LogP contribution >= 0.6 is 0 Å². The van der Waals surface area contributed by atoms with Crippen LogP contribution in [-0.4, -0.2) is 40.2 Å². The average Bonchev–Trinajstić information content (AvgIpc) is 2.64. The third-order valence-electron chi connectivity index (χ3n) is 4.05. The summed E-state index contributed by atoms with van der Waals surface area (Å²) in [6.45, 7) is 5.75. The second kappa shape index (κ2) is 7.79. The van der Waals surface area contributed by atoms with Gasteiger partial charge in [-0.1, -0.05) is 0 Å². The summed E-state index contributed by atoms with van der Waals surface area (Å²) in [7, 11) is 0. The van der Waals surface area contributed by atoms with E-state index < -0.39 is 0 Å². The van der Waals surface area contributed by atoms with Crippen molar-refractivity contribution in [3.8, 4) is 11.9 Å². The summed E-state index contributed by atoms with van der Waals surface area (Å²) in [4.78, 5) is 15.2. The van der Waals surface area contributed by atoms with E-state index in [-0.39, 0.29) is 6.10 Å². The van der Waals surface area contributed by atoms with E-state index in [9.17, 15) is 0 Å². The molecular formula is C18H22N6O. The van der Waals surface area contributed by atoms with Crippen LogP contribution in [0.25, 0.3) is 0 Å². The molecule has 0 amide bonds. The molecule has 1 fully saturated rings. The van der Waals surface area contributed by atoms with Gasteiger partial charge in [0.2, 0.25) is 0 Å². The van der Waals surface area contributed by atoms with Gasteiger partial charge in [0.1, 0.15) is 11.9 Å². The van der Waals surface area contributed by atoms with Gasteiger partial charge in [-0.3, -0.25) is 0 Å². The van der Waals surface area contributed by atoms with Crippen molar-refractivity contribution in [2.75, 3.05) is 23.3 Å². The molecular weight excluding hydrogens is 316 g/mol. The van der Waals surface area contributed by atoms with Gasteiger partial charge < -0.3 is 15.0 Å². The van der Waals surface area contributed by atoms with Crippen molar-refractivity contribution < 1.29 is 4.74 Å². The summed E-state index contributed by atoms with van der Waals surface area (Å²) in [5.74, 6) is 2.17. The lowest BCUT2D eigenvalue weighted by Gasteiger charge is -2.33. The molecule has 7 nitrogen and oxygen atoms in total. The topological polar surface area (TPSA) is 87.0 Å². The van der Waals surface area contributed by atoms with Gasteiger partial charge >= 0.3 is 0 Å². The van der Waals surface area contributed by atoms with Gasteiger partial charge in [0, 0.05) is 37.7 Å². The number of aromatic nitrogens is 3. The van der Waals surface area contributed by atoms with Gasteiger partial charge in [0.05, 0.1) is 11.7 Å². The summed E-state index contributed by atoms with van der Waals surface area (Å²) in [6, 6.07) is 6.13. The number of ether oxygens (including phenoxy) is 1. The van der Waals surface area contributed by atoms with E-state index in [0.717, 1.165) is 31.7 Å². The Morgan fingerprint density at radius 3 is 2.60 bits per heavy atom. The number of hydrogen-bond acceptors (Lipinski definition) is 7. The van der Waals surface area contributed by atoms with E-state index in [1.54, 1.807) is 18.6 Å². The fraction of sp³-hybridized carbons (Fsp3) is 0.444. The molecule has 1 N–H and O–H groups in total. The minimum atomic E-state index is 0.0570. The molecule has 0 aromatic carbocycles. The summed E-state index contributed by atoms with van der Waals surface area (Å²) < 4.78 is 5.72. The highest BCUT2D eigenvalue weighted by Gasteiger charge is 2.22. The smallest absolute Gasteiger partial charge is 0.257 e. The molecule has 0 spiro atoms. The summed E-state index contributed by atoms with van der Waals surface area (Å²) in [5, 5.41) is 12.3. The Bertz CT molecular complexity index is 732. The van der Waals surface area contributed by atoms with Gasteiger partial charge in [0.15, 0.2) is 5.82 Å². The van der Waals surface area contributed by atoms with Crippen molar-refractivity contribution in [3.63, 3.8) is 0 Å². The zero-order valence-corrected chi connectivity index (χ0v) is 14.5. The van der Waals surface area contributed by atoms with Crippen LogP contribution in [0.3, 0.4) is 0 Å². The molecule has 0 aliphatic carbocycles. The van der Waals surface area contributed by atoms with Crippen molar-refractivity contribution in [1.82, 2.24) is 15.0 Å². The quantitative estimate of drug-likeness (QED) is 0.896. The number of nitrogens with zero attached hydrogens (tertiary/aromatic N) is 5. The Kier molecular flexibility index (Phi) is 5.29. The molecule has 0 radical (unpaired) electrons. The summed E-state index contributed by atoms with van der Waals surface area (Å²) in [5.41, 5.74) is 0.584. The highest BCUT2D eigenvalue weighted by molar-refractivity contribution is 5.47. The maximum atomic E-state index is 8.86. The lowest BCUT2D eigenvalue weighted by Crippen LogP contribution is -2.39. The third-order valence-corrected chi connectivity index (χ3v) is 4.05. The Morgan fingerprint density at radius 1 is 1.20 bits per heavy atom. The lowest BCUT2D eigenvalue weighted by atomic mass is 10.0. The molecule has 7 heteroatoms. The van der Waals surface area contributed by atoms with Crippen molar-refractivity contribution in [2.24, 2.45) is 0 Å². The Labute approximate surface area is 147 Å².